The normalized spacial score (nSPS) is 13.2. The molecule has 7 nitrogen and oxygen atoms in total. The number of amides is 1. The summed E-state index contributed by atoms with van der Waals surface area (Å²) < 4.78 is 21.3. The highest BCUT2D eigenvalue weighted by Crippen LogP contribution is 2.32. The first-order valence-electron chi connectivity index (χ1n) is 8.33. The largest absolute Gasteiger partial charge is 0.497 e. The van der Waals surface area contributed by atoms with Crippen molar-refractivity contribution in [1.82, 2.24) is 15.0 Å². The molecule has 4 rings (SSSR count). The summed E-state index contributed by atoms with van der Waals surface area (Å²) >= 11 is 3.30. The van der Waals surface area contributed by atoms with Gasteiger partial charge >= 0.3 is 0 Å². The van der Waals surface area contributed by atoms with Crippen molar-refractivity contribution in [2.24, 2.45) is 0 Å². The van der Waals surface area contributed by atoms with Crippen LogP contribution in [0.2, 0.25) is 0 Å². The fourth-order valence-electron chi connectivity index (χ4n) is 3.05. The molecule has 1 aliphatic rings. The monoisotopic (exact) mass is 444 g/mol. The lowest BCUT2D eigenvalue weighted by molar-refractivity contribution is -0.114. The number of benzene rings is 2. The Kier molecular flexibility index (Phi) is 4.68. The number of hydrogen-bond acceptors (Lipinski definition) is 5. The number of nitrogens with zero attached hydrogens (tertiary/aromatic N) is 4. The number of ketones is 1. The Hall–Kier alpha value is -3.07. The third kappa shape index (κ3) is 3.29. The number of carbonyl (C=O) groups excluding carboxylic acids is 2. The second-order valence-electron chi connectivity index (χ2n) is 6.25. The smallest absolute Gasteiger partial charge is 0.299 e. The molecular formula is C19H14BrFN4O3. The van der Waals surface area contributed by atoms with Crippen molar-refractivity contribution in [2.75, 3.05) is 12.0 Å². The van der Waals surface area contributed by atoms with E-state index in [0.29, 0.717) is 28.3 Å². The van der Waals surface area contributed by atoms with Gasteiger partial charge < -0.3 is 4.74 Å². The average molecular weight is 445 g/mol. The van der Waals surface area contributed by atoms with Crippen LogP contribution in [0.5, 0.6) is 5.75 Å². The zero-order chi connectivity index (χ0) is 19.8. The molecule has 0 atom stereocenters. The number of anilines is 1. The second kappa shape index (κ2) is 7.16. The zero-order valence-electron chi connectivity index (χ0n) is 14.7. The highest BCUT2D eigenvalue weighted by Gasteiger charge is 2.36. The van der Waals surface area contributed by atoms with Gasteiger partial charge in [-0.3, -0.25) is 14.5 Å². The zero-order valence-corrected chi connectivity index (χ0v) is 16.3. The topological polar surface area (TPSA) is 77.3 Å². The first-order chi connectivity index (χ1) is 13.5. The summed E-state index contributed by atoms with van der Waals surface area (Å²) in [5.41, 5.74) is 1.77. The van der Waals surface area contributed by atoms with Crippen LogP contribution in [-0.2, 0) is 17.9 Å². The minimum atomic E-state index is -0.610. The molecule has 0 saturated carbocycles. The maximum absolute atomic E-state index is 14.0. The van der Waals surface area contributed by atoms with Gasteiger partial charge in [-0.2, -0.15) is 0 Å². The molecular weight excluding hydrogens is 431 g/mol. The highest BCUT2D eigenvalue weighted by molar-refractivity contribution is 9.10. The molecule has 1 aliphatic heterocycles. The predicted molar refractivity (Wildman–Crippen MR) is 102 cm³/mol. The van der Waals surface area contributed by atoms with Gasteiger partial charge in [0.1, 0.15) is 17.3 Å². The SMILES string of the molecule is COc1ccc(F)c(Cn2cc(CN3C(=O)C(=O)c4cc(Br)ccc43)nn2)c1. The van der Waals surface area contributed by atoms with Crippen molar-refractivity contribution in [2.45, 2.75) is 13.1 Å². The summed E-state index contributed by atoms with van der Waals surface area (Å²) in [6.07, 6.45) is 1.62. The van der Waals surface area contributed by atoms with Gasteiger partial charge in [-0.05, 0) is 36.4 Å². The molecule has 2 heterocycles. The molecule has 2 aromatic carbocycles. The lowest BCUT2D eigenvalue weighted by atomic mass is 10.1. The molecule has 142 valence electrons. The fraction of sp³-hybridized carbons (Fsp3) is 0.158. The van der Waals surface area contributed by atoms with Crippen LogP contribution in [-0.4, -0.2) is 33.8 Å². The van der Waals surface area contributed by atoms with Crippen molar-refractivity contribution in [3.63, 3.8) is 0 Å². The van der Waals surface area contributed by atoms with Gasteiger partial charge in [0.05, 0.1) is 37.6 Å². The number of fused-ring (bicyclic) bond motifs is 1. The first kappa shape index (κ1) is 18.3. The predicted octanol–water partition coefficient (Wildman–Crippen LogP) is 2.97. The Morgan fingerprint density at radius 3 is 2.75 bits per heavy atom. The molecule has 1 aromatic heterocycles. The number of methoxy groups -OCH3 is 1. The van der Waals surface area contributed by atoms with Crippen LogP contribution in [0, 0.1) is 5.82 Å². The van der Waals surface area contributed by atoms with E-state index >= 15 is 0 Å². The molecule has 1 amide bonds. The van der Waals surface area contributed by atoms with E-state index in [1.54, 1.807) is 30.5 Å². The number of hydrogen-bond donors (Lipinski definition) is 0. The lowest BCUT2D eigenvalue weighted by Gasteiger charge is -2.14. The number of carbonyl (C=O) groups is 2. The van der Waals surface area contributed by atoms with Crippen molar-refractivity contribution >= 4 is 33.3 Å². The highest BCUT2D eigenvalue weighted by atomic mass is 79.9. The molecule has 9 heteroatoms. The van der Waals surface area contributed by atoms with Crippen LogP contribution in [0.15, 0.2) is 47.1 Å². The third-order valence-electron chi connectivity index (χ3n) is 4.42. The number of Topliss-reactive ketones (excluding diaryl/α,β-unsaturated/α-hetero) is 1. The summed E-state index contributed by atoms with van der Waals surface area (Å²) in [5, 5.41) is 8.04. The molecule has 0 bridgehead atoms. The molecule has 3 aromatic rings. The Morgan fingerprint density at radius 2 is 1.96 bits per heavy atom. The van der Waals surface area contributed by atoms with Crippen molar-refractivity contribution < 1.29 is 18.7 Å². The van der Waals surface area contributed by atoms with Crippen molar-refractivity contribution in [1.29, 1.82) is 0 Å². The molecule has 0 spiro atoms. The Balaban J connectivity index is 1.55. The van der Waals surface area contributed by atoms with Gasteiger partial charge in [-0.1, -0.05) is 21.1 Å². The van der Waals surface area contributed by atoms with Crippen LogP contribution in [0.25, 0.3) is 0 Å². The summed E-state index contributed by atoms with van der Waals surface area (Å²) in [5.74, 6) is -0.998. The minimum absolute atomic E-state index is 0.0970. The Morgan fingerprint density at radius 1 is 1.14 bits per heavy atom. The fourth-order valence-corrected chi connectivity index (χ4v) is 3.41. The quantitative estimate of drug-likeness (QED) is 0.565. The maximum atomic E-state index is 14.0. The first-order valence-corrected chi connectivity index (χ1v) is 9.12. The van der Waals surface area contributed by atoms with E-state index in [-0.39, 0.29) is 18.9 Å². The third-order valence-corrected chi connectivity index (χ3v) is 4.92. The summed E-state index contributed by atoms with van der Waals surface area (Å²) in [4.78, 5) is 25.9. The van der Waals surface area contributed by atoms with Crippen LogP contribution in [0.1, 0.15) is 21.6 Å². The van der Waals surface area contributed by atoms with Gasteiger partial charge in [0.25, 0.3) is 11.7 Å². The Labute approximate surface area is 167 Å². The molecule has 0 fully saturated rings. The van der Waals surface area contributed by atoms with Crippen molar-refractivity contribution in [3.05, 3.63) is 69.7 Å². The Bertz CT molecular complexity index is 1100. The van der Waals surface area contributed by atoms with E-state index in [1.807, 2.05) is 0 Å². The molecule has 0 N–H and O–H groups in total. The standard InChI is InChI=1S/C19H14BrFN4O3/c1-28-14-3-4-16(21)11(6-14)8-24-9-13(22-23-24)10-25-17-5-2-12(20)7-15(17)18(26)19(25)27/h2-7,9H,8,10H2,1H3. The number of rotatable bonds is 5. The van der Waals surface area contributed by atoms with Crippen molar-refractivity contribution in [3.8, 4) is 5.75 Å². The van der Waals surface area contributed by atoms with E-state index < -0.39 is 11.7 Å². The van der Waals surface area contributed by atoms with E-state index in [1.165, 1.54) is 28.8 Å². The van der Waals surface area contributed by atoms with E-state index in [9.17, 15) is 14.0 Å². The van der Waals surface area contributed by atoms with E-state index in [2.05, 4.69) is 26.2 Å². The summed E-state index contributed by atoms with van der Waals surface area (Å²) in [7, 11) is 1.51. The maximum Gasteiger partial charge on any atom is 0.299 e. The molecule has 0 saturated heterocycles. The molecule has 28 heavy (non-hydrogen) atoms. The van der Waals surface area contributed by atoms with Gasteiger partial charge in [-0.15, -0.1) is 5.10 Å². The second-order valence-corrected chi connectivity index (χ2v) is 7.16. The lowest BCUT2D eigenvalue weighted by Crippen LogP contribution is -2.29. The van der Waals surface area contributed by atoms with E-state index in [4.69, 9.17) is 4.74 Å². The number of ether oxygens (including phenoxy) is 1. The van der Waals surface area contributed by atoms with Crippen LogP contribution >= 0.6 is 15.9 Å². The number of aromatic nitrogens is 3. The minimum Gasteiger partial charge on any atom is -0.497 e. The summed E-state index contributed by atoms with van der Waals surface area (Å²) in [6, 6.07) is 9.55. The van der Waals surface area contributed by atoms with Gasteiger partial charge in [0.2, 0.25) is 0 Å². The molecule has 0 unspecified atom stereocenters. The molecule has 0 aliphatic carbocycles. The van der Waals surface area contributed by atoms with E-state index in [0.717, 1.165) is 4.47 Å². The van der Waals surface area contributed by atoms with Gasteiger partial charge in [0, 0.05) is 10.0 Å². The van der Waals surface area contributed by atoms with Gasteiger partial charge in [-0.25, -0.2) is 9.07 Å². The van der Waals surface area contributed by atoms with Crippen LogP contribution in [0.3, 0.4) is 0 Å². The summed E-state index contributed by atoms with van der Waals surface area (Å²) in [6.45, 7) is 0.256. The van der Waals surface area contributed by atoms with Gasteiger partial charge in [0.15, 0.2) is 0 Å². The molecule has 0 radical (unpaired) electrons. The van der Waals surface area contributed by atoms with Crippen LogP contribution < -0.4 is 9.64 Å². The van der Waals surface area contributed by atoms with Crippen LogP contribution in [0.4, 0.5) is 10.1 Å². The average Bonchev–Trinajstić information content (AvgIpc) is 3.22. The number of halogens is 2.